The van der Waals surface area contributed by atoms with Gasteiger partial charge in [-0.3, -0.25) is 14.4 Å². The molecule has 8 heteroatoms. The minimum atomic E-state index is -1.52. The highest BCUT2D eigenvalue weighted by atomic mass is 16.7. The third-order valence-corrected chi connectivity index (χ3v) is 3.98. The maximum absolute atomic E-state index is 12.5. The quantitative estimate of drug-likeness (QED) is 0.565. The molecule has 0 aromatic heterocycles. The first-order valence-corrected chi connectivity index (χ1v) is 9.37. The molecule has 1 aliphatic heterocycles. The SMILES string of the molecule is CC(C)(C)C(=O)OC1C(OC(=O)C(C)(C)C)[C@H](OC(=O)C(C)(C)C)CO[C@@H]1O. The van der Waals surface area contributed by atoms with Gasteiger partial charge < -0.3 is 24.1 Å². The molecule has 0 amide bonds. The zero-order valence-electron chi connectivity index (χ0n) is 18.3. The van der Waals surface area contributed by atoms with Gasteiger partial charge in [0.2, 0.25) is 0 Å². The van der Waals surface area contributed by atoms with Crippen molar-refractivity contribution in [2.24, 2.45) is 16.2 Å². The van der Waals surface area contributed by atoms with E-state index in [-0.39, 0.29) is 6.61 Å². The van der Waals surface area contributed by atoms with Crippen molar-refractivity contribution in [2.45, 2.75) is 86.9 Å². The summed E-state index contributed by atoms with van der Waals surface area (Å²) in [5.74, 6) is -1.73. The Balaban J connectivity index is 3.18. The van der Waals surface area contributed by atoms with Gasteiger partial charge in [0.1, 0.15) is 0 Å². The maximum Gasteiger partial charge on any atom is 0.311 e. The molecule has 1 heterocycles. The zero-order chi connectivity index (χ0) is 22.1. The highest BCUT2D eigenvalue weighted by molar-refractivity contribution is 5.77. The molecule has 0 aliphatic carbocycles. The van der Waals surface area contributed by atoms with E-state index in [4.69, 9.17) is 18.9 Å². The first-order chi connectivity index (χ1) is 12.4. The van der Waals surface area contributed by atoms with Crippen molar-refractivity contribution < 1.29 is 38.4 Å². The minimum absolute atomic E-state index is 0.200. The second kappa shape index (κ2) is 8.37. The lowest BCUT2D eigenvalue weighted by molar-refractivity contribution is -0.273. The summed E-state index contributed by atoms with van der Waals surface area (Å²) < 4.78 is 21.7. The number of esters is 3. The monoisotopic (exact) mass is 402 g/mol. The molecule has 162 valence electrons. The van der Waals surface area contributed by atoms with Gasteiger partial charge in [-0.05, 0) is 62.3 Å². The Bertz CT molecular complexity index is 591. The van der Waals surface area contributed by atoms with E-state index in [0.29, 0.717) is 0 Å². The van der Waals surface area contributed by atoms with Crippen LogP contribution in [0.1, 0.15) is 62.3 Å². The largest absolute Gasteiger partial charge is 0.455 e. The fourth-order valence-electron chi connectivity index (χ4n) is 2.04. The summed E-state index contributed by atoms with van der Waals surface area (Å²) >= 11 is 0. The average molecular weight is 402 g/mol. The Labute approximate surface area is 166 Å². The van der Waals surface area contributed by atoms with Crippen LogP contribution >= 0.6 is 0 Å². The third-order valence-electron chi connectivity index (χ3n) is 3.98. The van der Waals surface area contributed by atoms with Crippen LogP contribution in [0.5, 0.6) is 0 Å². The van der Waals surface area contributed by atoms with E-state index < -0.39 is 58.8 Å². The number of hydrogen-bond acceptors (Lipinski definition) is 8. The number of carbonyl (C=O) groups excluding carboxylic acids is 3. The van der Waals surface area contributed by atoms with Gasteiger partial charge >= 0.3 is 17.9 Å². The van der Waals surface area contributed by atoms with Crippen LogP contribution < -0.4 is 0 Å². The summed E-state index contributed by atoms with van der Waals surface area (Å²) in [5.41, 5.74) is -2.50. The van der Waals surface area contributed by atoms with Crippen LogP contribution in [0.4, 0.5) is 0 Å². The summed E-state index contributed by atoms with van der Waals surface area (Å²) in [7, 11) is 0. The van der Waals surface area contributed by atoms with Crippen molar-refractivity contribution in [1.82, 2.24) is 0 Å². The molecule has 2 unspecified atom stereocenters. The topological polar surface area (TPSA) is 108 Å². The number of aliphatic hydroxyl groups is 1. The molecule has 1 N–H and O–H groups in total. The van der Waals surface area contributed by atoms with Gasteiger partial charge in [-0.25, -0.2) is 0 Å². The molecule has 0 spiro atoms. The number of aliphatic hydroxyl groups excluding tert-OH is 1. The Hall–Kier alpha value is -1.67. The molecule has 1 fully saturated rings. The fourth-order valence-corrected chi connectivity index (χ4v) is 2.04. The first-order valence-electron chi connectivity index (χ1n) is 9.37. The Morgan fingerprint density at radius 2 is 1.07 bits per heavy atom. The highest BCUT2D eigenvalue weighted by Crippen LogP contribution is 2.29. The van der Waals surface area contributed by atoms with Gasteiger partial charge in [-0.2, -0.15) is 0 Å². The molecule has 0 bridgehead atoms. The second-order valence-electron chi connectivity index (χ2n) is 10.2. The summed E-state index contributed by atoms with van der Waals surface area (Å²) in [6.45, 7) is 14.8. The molecule has 1 saturated heterocycles. The van der Waals surface area contributed by atoms with Crippen LogP contribution in [0.15, 0.2) is 0 Å². The van der Waals surface area contributed by atoms with Crippen LogP contribution in [0.25, 0.3) is 0 Å². The van der Waals surface area contributed by atoms with Crippen molar-refractivity contribution in [3.8, 4) is 0 Å². The summed E-state index contributed by atoms with van der Waals surface area (Å²) in [6.07, 6.45) is -5.08. The molecule has 1 aliphatic rings. The average Bonchev–Trinajstić information content (AvgIpc) is 2.49. The molecule has 28 heavy (non-hydrogen) atoms. The number of ether oxygens (including phenoxy) is 4. The second-order valence-corrected chi connectivity index (χ2v) is 10.2. The molecular weight excluding hydrogens is 368 g/mol. The lowest BCUT2D eigenvalue weighted by Crippen LogP contribution is -2.59. The lowest BCUT2D eigenvalue weighted by atomic mass is 9.95. The van der Waals surface area contributed by atoms with E-state index in [1.807, 2.05) is 0 Å². The van der Waals surface area contributed by atoms with E-state index in [1.54, 1.807) is 62.3 Å². The number of carbonyl (C=O) groups is 3. The molecule has 0 aromatic rings. The van der Waals surface area contributed by atoms with E-state index in [0.717, 1.165) is 0 Å². The standard InChI is InChI=1S/C20H34O8/c1-18(2,3)15(22)26-11-10-25-14(21)13(28-17(24)20(7,8)9)12(11)27-16(23)19(4,5)6/h11-14,21H,10H2,1-9H3/t11-,12?,13?,14+/m1/s1. The summed E-state index contributed by atoms with van der Waals surface area (Å²) in [5, 5.41) is 10.3. The van der Waals surface area contributed by atoms with Crippen LogP contribution in [-0.4, -0.2) is 54.2 Å². The smallest absolute Gasteiger partial charge is 0.311 e. The predicted octanol–water partition coefficient (Wildman–Crippen LogP) is 2.21. The summed E-state index contributed by atoms with van der Waals surface area (Å²) in [4.78, 5) is 37.2. The predicted molar refractivity (Wildman–Crippen MR) is 100.0 cm³/mol. The molecule has 4 atom stereocenters. The summed E-state index contributed by atoms with van der Waals surface area (Å²) in [6, 6.07) is 0. The van der Waals surface area contributed by atoms with E-state index in [2.05, 4.69) is 0 Å². The van der Waals surface area contributed by atoms with Gasteiger partial charge in [0, 0.05) is 0 Å². The van der Waals surface area contributed by atoms with Crippen LogP contribution in [0.2, 0.25) is 0 Å². The molecule has 0 aromatic carbocycles. The highest BCUT2D eigenvalue weighted by Gasteiger charge is 2.49. The van der Waals surface area contributed by atoms with Crippen molar-refractivity contribution in [1.29, 1.82) is 0 Å². The number of rotatable bonds is 3. The third kappa shape index (κ3) is 6.44. The Morgan fingerprint density at radius 1 is 0.714 bits per heavy atom. The van der Waals surface area contributed by atoms with Gasteiger partial charge in [0.15, 0.2) is 24.6 Å². The normalized spacial score (nSPS) is 26.4. The first kappa shape index (κ1) is 24.4. The maximum atomic E-state index is 12.5. The molecule has 0 radical (unpaired) electrons. The minimum Gasteiger partial charge on any atom is -0.455 e. The van der Waals surface area contributed by atoms with Gasteiger partial charge in [-0.1, -0.05) is 0 Å². The van der Waals surface area contributed by atoms with Crippen LogP contribution in [0.3, 0.4) is 0 Å². The van der Waals surface area contributed by atoms with E-state index in [1.165, 1.54) is 0 Å². The molecule has 0 saturated carbocycles. The van der Waals surface area contributed by atoms with Crippen molar-refractivity contribution in [2.75, 3.05) is 6.61 Å². The van der Waals surface area contributed by atoms with E-state index in [9.17, 15) is 19.5 Å². The Kier molecular flexibility index (Phi) is 7.28. The lowest BCUT2D eigenvalue weighted by Gasteiger charge is -2.41. The Morgan fingerprint density at radius 3 is 1.46 bits per heavy atom. The van der Waals surface area contributed by atoms with Crippen LogP contribution in [0, 0.1) is 16.2 Å². The van der Waals surface area contributed by atoms with E-state index >= 15 is 0 Å². The molecular formula is C20H34O8. The molecule has 1 rings (SSSR count). The van der Waals surface area contributed by atoms with Gasteiger partial charge in [0.05, 0.1) is 22.9 Å². The van der Waals surface area contributed by atoms with Gasteiger partial charge in [0.25, 0.3) is 0 Å². The van der Waals surface area contributed by atoms with Crippen molar-refractivity contribution in [3.63, 3.8) is 0 Å². The number of hydrogen-bond donors (Lipinski definition) is 1. The fraction of sp³-hybridized carbons (Fsp3) is 0.850. The van der Waals surface area contributed by atoms with Gasteiger partial charge in [-0.15, -0.1) is 0 Å². The van der Waals surface area contributed by atoms with Crippen LogP contribution in [-0.2, 0) is 33.3 Å². The molecule has 8 nitrogen and oxygen atoms in total. The van der Waals surface area contributed by atoms with Crippen molar-refractivity contribution in [3.05, 3.63) is 0 Å². The zero-order valence-corrected chi connectivity index (χ0v) is 18.3. The van der Waals surface area contributed by atoms with Crippen molar-refractivity contribution >= 4 is 17.9 Å².